The Morgan fingerprint density at radius 1 is 1.19 bits per heavy atom. The van der Waals surface area contributed by atoms with Crippen LogP contribution in [-0.2, 0) is 4.79 Å². The molecule has 3 rings (SSSR count). The number of likely N-dealkylation sites (tertiary alicyclic amines) is 1. The fourth-order valence-corrected chi connectivity index (χ4v) is 3.97. The molecule has 0 unspecified atom stereocenters. The van der Waals surface area contributed by atoms with Crippen molar-refractivity contribution in [3.8, 4) is 10.6 Å². The molecule has 0 spiro atoms. The monoisotopic (exact) mass is 391 g/mol. The van der Waals surface area contributed by atoms with Gasteiger partial charge in [-0.1, -0.05) is 36.6 Å². The summed E-state index contributed by atoms with van der Waals surface area (Å²) >= 11 is 7.40. The van der Waals surface area contributed by atoms with Crippen LogP contribution in [0.1, 0.15) is 42.6 Å². The van der Waals surface area contributed by atoms with Gasteiger partial charge in [0.05, 0.1) is 0 Å². The van der Waals surface area contributed by atoms with Crippen LogP contribution in [0.15, 0.2) is 29.6 Å². The Morgan fingerprint density at radius 3 is 2.69 bits per heavy atom. The van der Waals surface area contributed by atoms with E-state index in [1.54, 1.807) is 11.4 Å². The highest BCUT2D eigenvalue weighted by Crippen LogP contribution is 2.26. The minimum atomic E-state index is -0.252. The maximum atomic E-state index is 12.3. The smallest absolute Gasteiger partial charge is 0.270 e. The summed E-state index contributed by atoms with van der Waals surface area (Å²) in [5.74, 6) is -0.136. The molecule has 1 saturated heterocycles. The van der Waals surface area contributed by atoms with Gasteiger partial charge in [0.2, 0.25) is 5.91 Å². The molecule has 2 heterocycles. The van der Waals surface area contributed by atoms with Crippen molar-refractivity contribution in [1.82, 2.24) is 15.2 Å². The van der Waals surface area contributed by atoms with Gasteiger partial charge in [-0.05, 0) is 25.0 Å². The molecule has 5 nitrogen and oxygen atoms in total. The molecule has 138 valence electrons. The van der Waals surface area contributed by atoms with E-state index < -0.39 is 0 Å². The summed E-state index contributed by atoms with van der Waals surface area (Å²) in [6.45, 7) is 2.00. The third-order valence-electron chi connectivity index (χ3n) is 4.39. The molecule has 1 aliphatic heterocycles. The summed E-state index contributed by atoms with van der Waals surface area (Å²) in [4.78, 5) is 30.8. The van der Waals surface area contributed by atoms with Gasteiger partial charge in [-0.15, -0.1) is 11.3 Å². The Morgan fingerprint density at radius 2 is 1.96 bits per heavy atom. The summed E-state index contributed by atoms with van der Waals surface area (Å²) in [7, 11) is 0. The predicted octanol–water partition coefficient (Wildman–Crippen LogP) is 3.99. The summed E-state index contributed by atoms with van der Waals surface area (Å²) in [6, 6.07) is 7.38. The van der Waals surface area contributed by atoms with E-state index >= 15 is 0 Å². The van der Waals surface area contributed by atoms with E-state index in [4.69, 9.17) is 11.6 Å². The molecule has 26 heavy (non-hydrogen) atoms. The summed E-state index contributed by atoms with van der Waals surface area (Å²) in [5, 5.41) is 5.90. The molecule has 0 radical (unpaired) electrons. The van der Waals surface area contributed by atoms with Gasteiger partial charge >= 0.3 is 0 Å². The fourth-order valence-electron chi connectivity index (χ4n) is 2.98. The second-order valence-corrected chi connectivity index (χ2v) is 7.64. The van der Waals surface area contributed by atoms with Crippen LogP contribution in [0.5, 0.6) is 0 Å². The first-order valence-electron chi connectivity index (χ1n) is 8.91. The van der Waals surface area contributed by atoms with Crippen LogP contribution >= 0.6 is 22.9 Å². The summed E-state index contributed by atoms with van der Waals surface area (Å²) in [6.07, 6.45) is 4.86. The largest absolute Gasteiger partial charge is 0.350 e. The first-order valence-corrected chi connectivity index (χ1v) is 10.2. The number of nitrogens with zero attached hydrogens (tertiary/aromatic N) is 2. The number of aromatic nitrogens is 1. The molecule has 0 saturated carbocycles. The van der Waals surface area contributed by atoms with Gasteiger partial charge in [-0.3, -0.25) is 9.59 Å². The van der Waals surface area contributed by atoms with Crippen molar-refractivity contribution in [3.05, 3.63) is 40.4 Å². The number of carbonyl (C=O) groups excluding carboxylic acids is 2. The van der Waals surface area contributed by atoms with Crippen LogP contribution in [0, 0.1) is 0 Å². The molecule has 2 amide bonds. The lowest BCUT2D eigenvalue weighted by Crippen LogP contribution is -2.35. The number of nitrogens with one attached hydrogen (secondary N) is 1. The van der Waals surface area contributed by atoms with Gasteiger partial charge in [0.15, 0.2) is 0 Å². The third-order valence-corrected chi connectivity index (χ3v) is 5.52. The minimum Gasteiger partial charge on any atom is -0.350 e. The van der Waals surface area contributed by atoms with Crippen LogP contribution in [0.3, 0.4) is 0 Å². The first kappa shape index (κ1) is 18.9. The highest BCUT2D eigenvalue weighted by molar-refractivity contribution is 7.13. The third kappa shape index (κ3) is 5.05. The number of benzene rings is 1. The molecule has 0 aliphatic carbocycles. The Bertz CT molecular complexity index is 770. The van der Waals surface area contributed by atoms with E-state index in [-0.39, 0.29) is 11.8 Å². The quantitative estimate of drug-likeness (QED) is 0.838. The number of rotatable bonds is 5. The van der Waals surface area contributed by atoms with Crippen molar-refractivity contribution in [2.24, 2.45) is 0 Å². The first-order chi connectivity index (χ1) is 12.6. The maximum absolute atomic E-state index is 12.3. The van der Waals surface area contributed by atoms with Gasteiger partial charge in [0, 0.05) is 42.0 Å². The zero-order valence-electron chi connectivity index (χ0n) is 14.5. The fraction of sp³-hybridized carbons (Fsp3) is 0.421. The molecular formula is C19H22ClN3O2S. The van der Waals surface area contributed by atoms with Crippen LogP contribution in [0.4, 0.5) is 0 Å². The number of hydrogen-bond acceptors (Lipinski definition) is 4. The SMILES string of the molecule is O=C(NCCC(=O)N1CCCCCC1)c1csc(-c2cccc(Cl)c2)n1. The zero-order chi connectivity index (χ0) is 18.4. The Labute approximate surface area is 162 Å². The lowest BCUT2D eigenvalue weighted by molar-refractivity contribution is -0.131. The summed E-state index contributed by atoms with van der Waals surface area (Å²) in [5.41, 5.74) is 1.25. The molecule has 1 N–H and O–H groups in total. The molecule has 0 atom stereocenters. The summed E-state index contributed by atoms with van der Waals surface area (Å²) < 4.78 is 0. The van der Waals surface area contributed by atoms with E-state index in [1.165, 1.54) is 24.2 Å². The Kier molecular flexibility index (Phi) is 6.63. The minimum absolute atomic E-state index is 0.116. The maximum Gasteiger partial charge on any atom is 0.270 e. The van der Waals surface area contributed by atoms with Crippen molar-refractivity contribution in [2.45, 2.75) is 32.1 Å². The van der Waals surface area contributed by atoms with Crippen LogP contribution in [0.2, 0.25) is 5.02 Å². The van der Waals surface area contributed by atoms with Crippen LogP contribution in [0.25, 0.3) is 10.6 Å². The molecule has 0 bridgehead atoms. The number of hydrogen-bond donors (Lipinski definition) is 1. The standard InChI is InChI=1S/C19H22ClN3O2S/c20-15-7-5-6-14(12-15)19-22-16(13-26-19)18(25)21-9-8-17(24)23-10-3-1-2-4-11-23/h5-7,12-13H,1-4,8-11H2,(H,21,25). The predicted molar refractivity (Wildman–Crippen MR) is 105 cm³/mol. The lowest BCUT2D eigenvalue weighted by atomic mass is 10.2. The molecule has 7 heteroatoms. The Balaban J connectivity index is 1.50. The van der Waals surface area contributed by atoms with E-state index in [2.05, 4.69) is 10.3 Å². The van der Waals surface area contributed by atoms with Crippen molar-refractivity contribution in [3.63, 3.8) is 0 Å². The average molecular weight is 392 g/mol. The van der Waals surface area contributed by atoms with E-state index in [0.29, 0.717) is 23.7 Å². The van der Waals surface area contributed by atoms with E-state index in [0.717, 1.165) is 36.5 Å². The molecule has 1 fully saturated rings. The molecule has 1 aromatic heterocycles. The van der Waals surface area contributed by atoms with E-state index in [9.17, 15) is 9.59 Å². The average Bonchev–Trinajstić information content (AvgIpc) is 2.97. The number of halogens is 1. The highest BCUT2D eigenvalue weighted by atomic mass is 35.5. The lowest BCUT2D eigenvalue weighted by Gasteiger charge is -2.20. The second kappa shape index (κ2) is 9.14. The number of thiazole rings is 1. The molecule has 1 aromatic carbocycles. The van der Waals surface area contributed by atoms with Gasteiger partial charge in [-0.25, -0.2) is 4.98 Å². The van der Waals surface area contributed by atoms with Crippen LogP contribution < -0.4 is 5.32 Å². The Hall–Kier alpha value is -1.92. The van der Waals surface area contributed by atoms with Gasteiger partial charge in [0.25, 0.3) is 5.91 Å². The normalized spacial score (nSPS) is 14.7. The second-order valence-electron chi connectivity index (χ2n) is 6.35. The molecule has 2 aromatic rings. The molecule has 1 aliphatic rings. The zero-order valence-corrected chi connectivity index (χ0v) is 16.1. The van der Waals surface area contributed by atoms with Crippen LogP contribution in [-0.4, -0.2) is 41.3 Å². The van der Waals surface area contributed by atoms with Crippen molar-refractivity contribution < 1.29 is 9.59 Å². The van der Waals surface area contributed by atoms with Crippen molar-refractivity contribution >= 4 is 34.8 Å². The van der Waals surface area contributed by atoms with Gasteiger partial charge in [-0.2, -0.15) is 0 Å². The van der Waals surface area contributed by atoms with Crippen molar-refractivity contribution in [1.29, 1.82) is 0 Å². The van der Waals surface area contributed by atoms with Crippen molar-refractivity contribution in [2.75, 3.05) is 19.6 Å². The molecular weight excluding hydrogens is 370 g/mol. The van der Waals surface area contributed by atoms with Gasteiger partial charge in [0.1, 0.15) is 10.7 Å². The topological polar surface area (TPSA) is 62.3 Å². The van der Waals surface area contributed by atoms with Gasteiger partial charge < -0.3 is 10.2 Å². The number of carbonyl (C=O) groups is 2. The highest BCUT2D eigenvalue weighted by Gasteiger charge is 2.16. The van der Waals surface area contributed by atoms with E-state index in [1.807, 2.05) is 23.1 Å². The number of amides is 2.